The lowest BCUT2D eigenvalue weighted by atomic mass is 9.96. The molecule has 0 amide bonds. The Kier molecular flexibility index (Phi) is 4.46. The van der Waals surface area contributed by atoms with Crippen LogP contribution in [0.3, 0.4) is 0 Å². The molecule has 1 aromatic heterocycles. The molecule has 112 valence electrons. The second-order valence-electron chi connectivity index (χ2n) is 6.41. The molecule has 1 aromatic rings. The van der Waals surface area contributed by atoms with Crippen molar-refractivity contribution in [3.63, 3.8) is 0 Å². The number of rotatable bonds is 4. The molecule has 2 aliphatic rings. The molecule has 3 nitrogen and oxygen atoms in total. The van der Waals surface area contributed by atoms with Gasteiger partial charge >= 0.3 is 0 Å². The predicted molar refractivity (Wildman–Crippen MR) is 86.1 cm³/mol. The zero-order valence-corrected chi connectivity index (χ0v) is 13.5. The topological polar surface area (TPSA) is 32.5 Å². The van der Waals surface area contributed by atoms with E-state index < -0.39 is 0 Å². The first-order chi connectivity index (χ1) is 9.70. The van der Waals surface area contributed by atoms with Gasteiger partial charge in [0.1, 0.15) is 0 Å². The SMILES string of the molecule is CCC(N)C(c1ccsc1)N1CCC2CCC(C1)N2C. The smallest absolute Gasteiger partial charge is 0.0507 e. The van der Waals surface area contributed by atoms with Crippen molar-refractivity contribution in [2.45, 2.75) is 56.8 Å². The summed E-state index contributed by atoms with van der Waals surface area (Å²) in [5.41, 5.74) is 7.89. The summed E-state index contributed by atoms with van der Waals surface area (Å²) in [6.07, 6.45) is 5.08. The Morgan fingerprint density at radius 1 is 1.35 bits per heavy atom. The van der Waals surface area contributed by atoms with Crippen molar-refractivity contribution in [3.8, 4) is 0 Å². The third kappa shape index (κ3) is 2.67. The molecule has 3 heterocycles. The van der Waals surface area contributed by atoms with E-state index in [4.69, 9.17) is 5.73 Å². The average Bonchev–Trinajstić information content (AvgIpc) is 3.02. The maximum Gasteiger partial charge on any atom is 0.0507 e. The number of nitrogens with zero attached hydrogens (tertiary/aromatic N) is 2. The molecule has 20 heavy (non-hydrogen) atoms. The van der Waals surface area contributed by atoms with Crippen LogP contribution in [0.4, 0.5) is 0 Å². The van der Waals surface area contributed by atoms with E-state index in [0.29, 0.717) is 6.04 Å². The minimum Gasteiger partial charge on any atom is -0.326 e. The largest absolute Gasteiger partial charge is 0.326 e. The molecule has 0 saturated carbocycles. The summed E-state index contributed by atoms with van der Waals surface area (Å²) in [7, 11) is 2.31. The maximum absolute atomic E-state index is 6.47. The van der Waals surface area contributed by atoms with Gasteiger partial charge in [0.2, 0.25) is 0 Å². The Balaban J connectivity index is 1.81. The Morgan fingerprint density at radius 2 is 2.15 bits per heavy atom. The van der Waals surface area contributed by atoms with Crippen LogP contribution >= 0.6 is 11.3 Å². The summed E-state index contributed by atoms with van der Waals surface area (Å²) in [6, 6.07) is 4.43. The summed E-state index contributed by atoms with van der Waals surface area (Å²) in [4.78, 5) is 5.28. The number of hydrogen-bond acceptors (Lipinski definition) is 4. The number of fused-ring (bicyclic) bond motifs is 2. The molecule has 2 N–H and O–H groups in total. The molecule has 0 radical (unpaired) electrons. The summed E-state index contributed by atoms with van der Waals surface area (Å²) in [5, 5.41) is 4.47. The fraction of sp³-hybridized carbons (Fsp3) is 0.750. The van der Waals surface area contributed by atoms with Gasteiger partial charge in [-0.3, -0.25) is 9.80 Å². The number of likely N-dealkylation sites (tertiary alicyclic amines) is 1. The molecule has 4 unspecified atom stereocenters. The van der Waals surface area contributed by atoms with Crippen LogP contribution in [0.2, 0.25) is 0 Å². The van der Waals surface area contributed by atoms with Crippen LogP contribution in [0.25, 0.3) is 0 Å². The highest BCUT2D eigenvalue weighted by molar-refractivity contribution is 7.07. The van der Waals surface area contributed by atoms with E-state index in [-0.39, 0.29) is 6.04 Å². The van der Waals surface area contributed by atoms with Crippen molar-refractivity contribution in [2.24, 2.45) is 5.73 Å². The van der Waals surface area contributed by atoms with Gasteiger partial charge < -0.3 is 5.73 Å². The van der Waals surface area contributed by atoms with Gasteiger partial charge in [0, 0.05) is 31.2 Å². The quantitative estimate of drug-likeness (QED) is 0.926. The Morgan fingerprint density at radius 3 is 2.85 bits per heavy atom. The molecule has 4 atom stereocenters. The molecule has 0 spiro atoms. The summed E-state index contributed by atoms with van der Waals surface area (Å²) in [5.74, 6) is 0. The lowest BCUT2D eigenvalue weighted by Gasteiger charge is -2.36. The van der Waals surface area contributed by atoms with Crippen molar-refractivity contribution < 1.29 is 0 Å². The normalized spacial score (nSPS) is 31.1. The van der Waals surface area contributed by atoms with Crippen molar-refractivity contribution in [2.75, 3.05) is 20.1 Å². The Bertz CT molecular complexity index is 419. The van der Waals surface area contributed by atoms with Crippen molar-refractivity contribution in [1.82, 2.24) is 9.80 Å². The van der Waals surface area contributed by atoms with Crippen molar-refractivity contribution in [1.29, 1.82) is 0 Å². The molecule has 3 rings (SSSR count). The van der Waals surface area contributed by atoms with Gasteiger partial charge in [0.15, 0.2) is 0 Å². The molecule has 0 aromatic carbocycles. The molecular formula is C16H27N3S. The molecule has 2 saturated heterocycles. The summed E-state index contributed by atoms with van der Waals surface area (Å²) >= 11 is 1.79. The van der Waals surface area contributed by atoms with Crippen LogP contribution in [-0.4, -0.2) is 48.1 Å². The number of hydrogen-bond donors (Lipinski definition) is 1. The number of thiophene rings is 1. The zero-order valence-electron chi connectivity index (χ0n) is 12.7. The van der Waals surface area contributed by atoms with Crippen LogP contribution < -0.4 is 5.73 Å². The minimum absolute atomic E-state index is 0.242. The predicted octanol–water partition coefficient (Wildman–Crippen LogP) is 2.70. The van der Waals surface area contributed by atoms with Crippen molar-refractivity contribution >= 4 is 11.3 Å². The molecule has 4 heteroatoms. The highest BCUT2D eigenvalue weighted by atomic mass is 32.1. The Labute approximate surface area is 126 Å². The summed E-state index contributed by atoms with van der Waals surface area (Å²) < 4.78 is 0. The second-order valence-corrected chi connectivity index (χ2v) is 7.19. The molecule has 2 fully saturated rings. The van der Waals surface area contributed by atoms with Gasteiger partial charge in [0.05, 0.1) is 6.04 Å². The van der Waals surface area contributed by atoms with E-state index in [2.05, 4.69) is 40.6 Å². The van der Waals surface area contributed by atoms with E-state index in [1.165, 1.54) is 37.9 Å². The van der Waals surface area contributed by atoms with Crippen LogP contribution in [0.5, 0.6) is 0 Å². The number of nitrogens with two attached hydrogens (primary N) is 1. The lowest BCUT2D eigenvalue weighted by Crippen LogP contribution is -2.44. The zero-order chi connectivity index (χ0) is 14.1. The minimum atomic E-state index is 0.242. The molecule has 0 aliphatic carbocycles. The average molecular weight is 293 g/mol. The van der Waals surface area contributed by atoms with Gasteiger partial charge in [-0.1, -0.05) is 6.92 Å². The second kappa shape index (κ2) is 6.14. The Hall–Kier alpha value is -0.420. The highest BCUT2D eigenvalue weighted by Crippen LogP contribution is 2.34. The van der Waals surface area contributed by atoms with Gasteiger partial charge in [-0.25, -0.2) is 0 Å². The van der Waals surface area contributed by atoms with E-state index in [1.54, 1.807) is 11.3 Å². The van der Waals surface area contributed by atoms with E-state index in [1.807, 2.05) is 0 Å². The van der Waals surface area contributed by atoms with E-state index in [0.717, 1.165) is 18.5 Å². The van der Waals surface area contributed by atoms with Crippen molar-refractivity contribution in [3.05, 3.63) is 22.4 Å². The van der Waals surface area contributed by atoms with Gasteiger partial charge in [0.25, 0.3) is 0 Å². The summed E-state index contributed by atoms with van der Waals surface area (Å²) in [6.45, 7) is 4.58. The standard InChI is InChI=1S/C16H27N3S/c1-3-15(17)16(12-7-9-20-11-12)19-8-6-13-4-5-14(10-19)18(13)2/h7,9,11,13-16H,3-6,8,10,17H2,1-2H3. The maximum atomic E-state index is 6.47. The van der Waals surface area contributed by atoms with Crippen LogP contribution in [0.15, 0.2) is 16.8 Å². The third-order valence-electron chi connectivity index (χ3n) is 5.33. The van der Waals surface area contributed by atoms with Gasteiger partial charge in [-0.15, -0.1) is 0 Å². The third-order valence-corrected chi connectivity index (χ3v) is 6.04. The van der Waals surface area contributed by atoms with Crippen LogP contribution in [0.1, 0.15) is 44.2 Å². The first-order valence-electron chi connectivity index (χ1n) is 7.94. The fourth-order valence-corrected chi connectivity index (χ4v) is 4.67. The van der Waals surface area contributed by atoms with Gasteiger partial charge in [-0.05, 0) is 55.1 Å². The fourth-order valence-electron chi connectivity index (χ4n) is 3.98. The first-order valence-corrected chi connectivity index (χ1v) is 8.88. The lowest BCUT2D eigenvalue weighted by molar-refractivity contribution is 0.150. The van der Waals surface area contributed by atoms with Gasteiger partial charge in [-0.2, -0.15) is 11.3 Å². The molecule has 2 bridgehead atoms. The van der Waals surface area contributed by atoms with E-state index in [9.17, 15) is 0 Å². The monoisotopic (exact) mass is 293 g/mol. The van der Waals surface area contributed by atoms with Crippen LogP contribution in [-0.2, 0) is 0 Å². The molecule has 2 aliphatic heterocycles. The highest BCUT2D eigenvalue weighted by Gasteiger charge is 2.38. The van der Waals surface area contributed by atoms with E-state index >= 15 is 0 Å². The molecular weight excluding hydrogens is 266 g/mol. The van der Waals surface area contributed by atoms with Crippen LogP contribution in [0, 0.1) is 0 Å². The number of likely N-dealkylation sites (N-methyl/N-ethyl adjacent to an activating group) is 1. The first kappa shape index (κ1) is 14.5.